The fourth-order valence-corrected chi connectivity index (χ4v) is 4.81. The van der Waals surface area contributed by atoms with Crippen molar-refractivity contribution in [1.82, 2.24) is 19.2 Å². The molecule has 1 aromatic carbocycles. The standard InChI is InChI=1S/C25H27BrN4O5/c1-13-7-6-8-29-14(2)19(27-24(13)29)22(32)18-20(15-11-16(26)21(31)17(12-15)35-5)30(10-9-28(3)4)25(34)23(18)33/h6-8,11-12,20,31-32H,9-10H2,1-5H3. The van der Waals surface area contributed by atoms with Gasteiger partial charge in [0.15, 0.2) is 17.3 Å². The van der Waals surface area contributed by atoms with Gasteiger partial charge in [0.2, 0.25) is 0 Å². The van der Waals surface area contributed by atoms with E-state index in [9.17, 15) is 19.8 Å². The molecule has 1 atom stereocenters. The topological polar surface area (TPSA) is 108 Å². The Bertz CT molecular complexity index is 1380. The Hall–Kier alpha value is -3.37. The van der Waals surface area contributed by atoms with E-state index < -0.39 is 17.7 Å². The molecule has 9 nitrogen and oxygen atoms in total. The quantitative estimate of drug-likeness (QED) is 0.279. The Kier molecular flexibility index (Phi) is 6.61. The average molecular weight is 543 g/mol. The summed E-state index contributed by atoms with van der Waals surface area (Å²) < 4.78 is 7.47. The largest absolute Gasteiger partial charge is 0.505 e. The van der Waals surface area contributed by atoms with Crippen LogP contribution >= 0.6 is 15.9 Å². The number of pyridine rings is 1. The number of aromatic nitrogens is 2. The number of ether oxygens (including phenoxy) is 1. The second-order valence-corrected chi connectivity index (χ2v) is 9.63. The van der Waals surface area contributed by atoms with E-state index in [-0.39, 0.29) is 35.1 Å². The lowest BCUT2D eigenvalue weighted by atomic mass is 9.96. The van der Waals surface area contributed by atoms with E-state index in [1.54, 1.807) is 19.1 Å². The fraction of sp³-hybridized carbons (Fsp3) is 0.320. The second-order valence-electron chi connectivity index (χ2n) is 8.78. The molecular weight excluding hydrogens is 516 g/mol. The van der Waals surface area contributed by atoms with Crippen molar-refractivity contribution in [2.24, 2.45) is 0 Å². The lowest BCUT2D eigenvalue weighted by Gasteiger charge is -2.27. The summed E-state index contributed by atoms with van der Waals surface area (Å²) in [5.41, 5.74) is 2.88. The zero-order chi connectivity index (χ0) is 25.6. The number of Topliss-reactive ketones (excluding diaryl/α,β-unsaturated/α-hetero) is 1. The van der Waals surface area contributed by atoms with Crippen LogP contribution in [0, 0.1) is 13.8 Å². The summed E-state index contributed by atoms with van der Waals surface area (Å²) in [6.45, 7) is 4.47. The number of halogens is 1. The molecule has 1 saturated heterocycles. The monoisotopic (exact) mass is 542 g/mol. The molecule has 35 heavy (non-hydrogen) atoms. The highest BCUT2D eigenvalue weighted by Crippen LogP contribution is 2.44. The number of nitrogens with zero attached hydrogens (tertiary/aromatic N) is 4. The summed E-state index contributed by atoms with van der Waals surface area (Å²) in [5.74, 6) is -1.77. The Morgan fingerprint density at radius 2 is 1.97 bits per heavy atom. The summed E-state index contributed by atoms with van der Waals surface area (Å²) in [4.78, 5) is 34.4. The van der Waals surface area contributed by atoms with Crippen LogP contribution in [0.4, 0.5) is 0 Å². The number of carbonyl (C=O) groups is 2. The van der Waals surface area contributed by atoms with Gasteiger partial charge in [-0.3, -0.25) is 9.59 Å². The number of benzene rings is 1. The molecule has 1 aliphatic rings. The highest BCUT2D eigenvalue weighted by molar-refractivity contribution is 9.10. The van der Waals surface area contributed by atoms with Crippen LogP contribution in [0.25, 0.3) is 11.4 Å². The third kappa shape index (κ3) is 4.17. The first-order valence-corrected chi connectivity index (χ1v) is 11.8. The number of aromatic hydroxyl groups is 1. The summed E-state index contributed by atoms with van der Waals surface area (Å²) in [5, 5.41) is 21.8. The number of methoxy groups -OCH3 is 1. The van der Waals surface area contributed by atoms with Gasteiger partial charge in [-0.05, 0) is 73.2 Å². The van der Waals surface area contributed by atoms with Gasteiger partial charge in [-0.1, -0.05) is 6.07 Å². The zero-order valence-corrected chi connectivity index (χ0v) is 21.8. The number of hydrogen-bond acceptors (Lipinski definition) is 7. The number of hydrogen-bond donors (Lipinski definition) is 2. The number of phenolic OH excluding ortho intramolecular Hbond substituents is 1. The van der Waals surface area contributed by atoms with Crippen LogP contribution in [0.15, 0.2) is 40.5 Å². The number of aryl methyl sites for hydroxylation is 2. The van der Waals surface area contributed by atoms with Crippen molar-refractivity contribution >= 4 is 39.0 Å². The molecule has 1 aliphatic heterocycles. The molecule has 0 saturated carbocycles. The van der Waals surface area contributed by atoms with E-state index in [0.717, 1.165) is 5.56 Å². The maximum atomic E-state index is 13.3. The predicted molar refractivity (Wildman–Crippen MR) is 135 cm³/mol. The van der Waals surface area contributed by atoms with Crippen molar-refractivity contribution < 1.29 is 24.5 Å². The maximum absolute atomic E-state index is 13.3. The van der Waals surface area contributed by atoms with Gasteiger partial charge in [-0.2, -0.15) is 0 Å². The van der Waals surface area contributed by atoms with Crippen LogP contribution in [0.1, 0.15) is 28.6 Å². The van der Waals surface area contributed by atoms with Gasteiger partial charge in [0.05, 0.1) is 28.9 Å². The molecular formula is C25H27BrN4O5. The molecule has 2 N–H and O–H groups in total. The smallest absolute Gasteiger partial charge is 0.295 e. The number of likely N-dealkylation sites (tertiary alicyclic amines) is 1. The molecule has 4 rings (SSSR count). The third-order valence-corrected chi connectivity index (χ3v) is 6.83. The van der Waals surface area contributed by atoms with Crippen LogP contribution in [-0.2, 0) is 9.59 Å². The number of amides is 1. The Balaban J connectivity index is 1.97. The molecule has 10 heteroatoms. The number of aliphatic hydroxyl groups is 1. The molecule has 184 valence electrons. The van der Waals surface area contributed by atoms with E-state index in [0.29, 0.717) is 27.9 Å². The fourth-order valence-electron chi connectivity index (χ4n) is 4.35. The number of carbonyl (C=O) groups excluding carboxylic acids is 2. The lowest BCUT2D eigenvalue weighted by Crippen LogP contribution is -2.35. The molecule has 2 aromatic heterocycles. The van der Waals surface area contributed by atoms with Crippen molar-refractivity contribution in [2.45, 2.75) is 19.9 Å². The van der Waals surface area contributed by atoms with Gasteiger partial charge in [0, 0.05) is 19.3 Å². The molecule has 1 fully saturated rings. The molecule has 3 aromatic rings. The molecule has 1 amide bonds. The summed E-state index contributed by atoms with van der Waals surface area (Å²) in [6, 6.07) is 6.07. The van der Waals surface area contributed by atoms with Gasteiger partial charge in [0.25, 0.3) is 11.7 Å². The maximum Gasteiger partial charge on any atom is 0.295 e. The highest BCUT2D eigenvalue weighted by atomic mass is 79.9. The van der Waals surface area contributed by atoms with Gasteiger partial charge in [-0.15, -0.1) is 0 Å². The van der Waals surface area contributed by atoms with Gasteiger partial charge in [0.1, 0.15) is 11.3 Å². The predicted octanol–water partition coefficient (Wildman–Crippen LogP) is 3.41. The van der Waals surface area contributed by atoms with Crippen LogP contribution in [-0.4, -0.2) is 75.4 Å². The van der Waals surface area contributed by atoms with E-state index >= 15 is 0 Å². The normalized spacial score (nSPS) is 17.7. The number of imidazole rings is 1. The summed E-state index contributed by atoms with van der Waals surface area (Å²) in [6.07, 6.45) is 1.83. The summed E-state index contributed by atoms with van der Waals surface area (Å²) >= 11 is 3.32. The molecule has 0 radical (unpaired) electrons. The van der Waals surface area contributed by atoms with E-state index in [2.05, 4.69) is 20.9 Å². The minimum Gasteiger partial charge on any atom is -0.505 e. The Morgan fingerprint density at radius 1 is 1.26 bits per heavy atom. The number of fused-ring (bicyclic) bond motifs is 1. The highest BCUT2D eigenvalue weighted by Gasteiger charge is 2.46. The van der Waals surface area contributed by atoms with E-state index in [4.69, 9.17) is 4.74 Å². The van der Waals surface area contributed by atoms with Crippen LogP contribution in [0.5, 0.6) is 11.5 Å². The van der Waals surface area contributed by atoms with Crippen LogP contribution < -0.4 is 4.74 Å². The van der Waals surface area contributed by atoms with Crippen molar-refractivity contribution in [3.8, 4) is 11.5 Å². The minimum absolute atomic E-state index is 0.0578. The Morgan fingerprint density at radius 3 is 2.60 bits per heavy atom. The second kappa shape index (κ2) is 9.35. The van der Waals surface area contributed by atoms with Gasteiger partial charge < -0.3 is 29.2 Å². The molecule has 0 spiro atoms. The third-order valence-electron chi connectivity index (χ3n) is 6.22. The number of ketones is 1. The first-order valence-electron chi connectivity index (χ1n) is 11.0. The van der Waals surface area contributed by atoms with E-state index in [1.807, 2.05) is 48.6 Å². The number of likely N-dealkylation sites (N-methyl/N-ethyl adjacent to an activating group) is 1. The molecule has 0 bridgehead atoms. The first-order chi connectivity index (χ1) is 16.6. The Labute approximate surface area is 211 Å². The molecule has 0 aliphatic carbocycles. The van der Waals surface area contributed by atoms with Crippen molar-refractivity contribution in [2.75, 3.05) is 34.3 Å². The van der Waals surface area contributed by atoms with Crippen LogP contribution in [0.3, 0.4) is 0 Å². The number of phenols is 1. The SMILES string of the molecule is COc1cc(C2C(=C(O)c3nc4c(C)cccn4c3C)C(=O)C(=O)N2CCN(C)C)cc(Br)c1O. The summed E-state index contributed by atoms with van der Waals surface area (Å²) in [7, 11) is 5.15. The number of aliphatic hydroxyl groups excluding tert-OH is 1. The first kappa shape index (κ1) is 24.7. The van der Waals surface area contributed by atoms with E-state index in [1.165, 1.54) is 12.0 Å². The van der Waals surface area contributed by atoms with Crippen molar-refractivity contribution in [1.29, 1.82) is 0 Å². The van der Waals surface area contributed by atoms with Gasteiger partial charge >= 0.3 is 0 Å². The number of rotatable bonds is 6. The van der Waals surface area contributed by atoms with Gasteiger partial charge in [-0.25, -0.2) is 4.98 Å². The minimum atomic E-state index is -0.897. The lowest BCUT2D eigenvalue weighted by molar-refractivity contribution is -0.140. The van der Waals surface area contributed by atoms with Crippen molar-refractivity contribution in [3.63, 3.8) is 0 Å². The zero-order valence-electron chi connectivity index (χ0n) is 20.2. The molecule has 3 heterocycles. The van der Waals surface area contributed by atoms with Crippen molar-refractivity contribution in [3.05, 3.63) is 63.0 Å². The average Bonchev–Trinajstić information content (AvgIpc) is 3.29. The molecule has 1 unspecified atom stereocenters. The van der Waals surface area contributed by atoms with Crippen LogP contribution in [0.2, 0.25) is 0 Å².